The molecule has 2 aromatic heterocycles. The summed E-state index contributed by atoms with van der Waals surface area (Å²) in [6.45, 7) is 0.351. The van der Waals surface area contributed by atoms with Crippen molar-refractivity contribution in [3.63, 3.8) is 0 Å². The molecule has 0 bridgehead atoms. The van der Waals surface area contributed by atoms with Crippen LogP contribution in [0.15, 0.2) is 29.1 Å². The van der Waals surface area contributed by atoms with Crippen LogP contribution in [0, 0.1) is 0 Å². The summed E-state index contributed by atoms with van der Waals surface area (Å²) in [6, 6.07) is 5.26. The zero-order chi connectivity index (χ0) is 18.0. The van der Waals surface area contributed by atoms with Crippen molar-refractivity contribution < 1.29 is 19.7 Å². The van der Waals surface area contributed by atoms with E-state index < -0.39 is 11.6 Å². The first-order valence-corrected chi connectivity index (χ1v) is 8.48. The standard InChI is InChI=1S/C15H13BClN3O4S/c16-15(22,23)14(21)18-4-9-1-8-2-11(17)13(3-12(8)20-9)24-5-10-6-25-7-19-10/h1-3,6-7,20,22-23H,4-5H2,(H,18,21). The highest BCUT2D eigenvalue weighted by molar-refractivity contribution is 7.07. The highest BCUT2D eigenvalue weighted by atomic mass is 35.5. The highest BCUT2D eigenvalue weighted by Gasteiger charge is 2.25. The number of carbonyl (C=O) groups is 1. The van der Waals surface area contributed by atoms with Crippen molar-refractivity contribution in [1.82, 2.24) is 15.3 Å². The van der Waals surface area contributed by atoms with E-state index >= 15 is 0 Å². The second-order valence-electron chi connectivity index (χ2n) is 5.34. The van der Waals surface area contributed by atoms with Crippen molar-refractivity contribution >= 4 is 47.6 Å². The number of nitrogens with zero attached hydrogens (tertiary/aromatic N) is 1. The summed E-state index contributed by atoms with van der Waals surface area (Å²) in [5.41, 5.74) is 1.03. The van der Waals surface area contributed by atoms with Crippen molar-refractivity contribution in [2.24, 2.45) is 0 Å². The van der Waals surface area contributed by atoms with Crippen LogP contribution in [0.5, 0.6) is 5.75 Å². The summed E-state index contributed by atoms with van der Waals surface area (Å²) >= 11 is 7.72. The number of aliphatic hydroxyl groups is 2. The molecule has 0 spiro atoms. The van der Waals surface area contributed by atoms with Crippen molar-refractivity contribution in [3.05, 3.63) is 45.5 Å². The highest BCUT2D eigenvalue weighted by Crippen LogP contribution is 2.31. The van der Waals surface area contributed by atoms with Gasteiger partial charge in [-0.05, 0) is 12.1 Å². The zero-order valence-corrected chi connectivity index (χ0v) is 14.4. The van der Waals surface area contributed by atoms with Crippen molar-refractivity contribution in [2.45, 2.75) is 18.8 Å². The van der Waals surface area contributed by atoms with Gasteiger partial charge in [-0.2, -0.15) is 0 Å². The number of benzene rings is 1. The molecule has 0 aliphatic heterocycles. The molecule has 3 aromatic rings. The molecule has 0 aliphatic rings. The molecule has 0 unspecified atom stereocenters. The number of hydrogen-bond donors (Lipinski definition) is 4. The van der Waals surface area contributed by atoms with Gasteiger partial charge in [0, 0.05) is 28.0 Å². The van der Waals surface area contributed by atoms with E-state index in [-0.39, 0.29) is 6.54 Å². The number of ether oxygens (including phenoxy) is 1. The van der Waals surface area contributed by atoms with Crippen molar-refractivity contribution in [3.8, 4) is 5.75 Å². The Morgan fingerprint density at radius 1 is 1.44 bits per heavy atom. The van der Waals surface area contributed by atoms with Gasteiger partial charge in [0.2, 0.25) is 0 Å². The second kappa shape index (κ2) is 7.05. The van der Waals surface area contributed by atoms with Crippen molar-refractivity contribution in [1.29, 1.82) is 0 Å². The molecule has 1 aromatic carbocycles. The third kappa shape index (κ3) is 4.32. The van der Waals surface area contributed by atoms with Gasteiger partial charge in [0.15, 0.2) is 13.5 Å². The van der Waals surface area contributed by atoms with Crippen LogP contribution in [0.4, 0.5) is 0 Å². The Hall–Kier alpha value is -2.07. The van der Waals surface area contributed by atoms with Gasteiger partial charge in [-0.3, -0.25) is 4.79 Å². The molecular weight excluding hydrogens is 365 g/mol. The summed E-state index contributed by atoms with van der Waals surface area (Å²) in [5, 5.41) is 23.4. The van der Waals surface area contributed by atoms with E-state index in [1.165, 1.54) is 11.3 Å². The molecule has 2 radical (unpaired) electrons. The normalized spacial score (nSPS) is 11.6. The summed E-state index contributed by atoms with van der Waals surface area (Å²) in [5.74, 6) is -0.595. The van der Waals surface area contributed by atoms with Gasteiger partial charge in [-0.15, -0.1) is 11.3 Å². The SMILES string of the molecule is [B]C(O)(O)C(=O)NCc1cc2cc(Cl)c(OCc3cscn3)cc2[nH]1. The lowest BCUT2D eigenvalue weighted by Gasteiger charge is -2.15. The number of thiazole rings is 1. The average molecular weight is 378 g/mol. The first-order chi connectivity index (χ1) is 11.8. The predicted octanol–water partition coefficient (Wildman–Crippen LogP) is 1.28. The number of aromatic amines is 1. The van der Waals surface area contributed by atoms with E-state index in [1.54, 1.807) is 23.7 Å². The van der Waals surface area contributed by atoms with Crippen LogP contribution in [0.1, 0.15) is 11.4 Å². The van der Waals surface area contributed by atoms with Gasteiger partial charge < -0.3 is 25.3 Å². The number of fused-ring (bicyclic) bond motifs is 1. The maximum atomic E-state index is 11.4. The number of amides is 1. The van der Waals surface area contributed by atoms with E-state index in [9.17, 15) is 4.79 Å². The molecule has 7 nitrogen and oxygen atoms in total. The lowest BCUT2D eigenvalue weighted by Crippen LogP contribution is -2.46. The van der Waals surface area contributed by atoms with Gasteiger partial charge in [-0.1, -0.05) is 11.6 Å². The van der Waals surface area contributed by atoms with E-state index in [2.05, 4.69) is 15.3 Å². The van der Waals surface area contributed by atoms with E-state index in [4.69, 9.17) is 34.4 Å². The van der Waals surface area contributed by atoms with Gasteiger partial charge in [0.05, 0.1) is 22.8 Å². The molecule has 0 fully saturated rings. The predicted molar refractivity (Wildman–Crippen MR) is 94.5 cm³/mol. The molecule has 10 heteroatoms. The maximum absolute atomic E-state index is 11.4. The van der Waals surface area contributed by atoms with Crippen LogP contribution >= 0.6 is 22.9 Å². The van der Waals surface area contributed by atoms with Gasteiger partial charge in [0.1, 0.15) is 12.4 Å². The summed E-state index contributed by atoms with van der Waals surface area (Å²) in [6.07, 6.45) is 0. The fourth-order valence-electron chi connectivity index (χ4n) is 2.17. The molecule has 0 saturated heterocycles. The smallest absolute Gasteiger partial charge is 0.268 e. The summed E-state index contributed by atoms with van der Waals surface area (Å²) < 4.78 is 5.68. The minimum absolute atomic E-state index is 0.0419. The number of carbonyl (C=O) groups excluding carboxylic acids is 1. The van der Waals surface area contributed by atoms with E-state index in [0.29, 0.717) is 23.1 Å². The number of hydrogen-bond acceptors (Lipinski definition) is 6. The van der Waals surface area contributed by atoms with Crippen LogP contribution < -0.4 is 10.1 Å². The largest absolute Gasteiger partial charge is 0.486 e. The Labute approximate surface area is 153 Å². The molecule has 3 rings (SSSR count). The first kappa shape index (κ1) is 17.7. The molecule has 4 N–H and O–H groups in total. The van der Waals surface area contributed by atoms with Gasteiger partial charge >= 0.3 is 0 Å². The molecule has 0 atom stereocenters. The Balaban J connectivity index is 1.73. The third-order valence-electron chi connectivity index (χ3n) is 3.36. The number of aromatic nitrogens is 2. The Bertz CT molecular complexity index is 892. The van der Waals surface area contributed by atoms with Gasteiger partial charge in [0.25, 0.3) is 5.91 Å². The van der Waals surface area contributed by atoms with E-state index in [1.807, 2.05) is 5.38 Å². The molecular formula is C15H13BClN3O4S. The summed E-state index contributed by atoms with van der Waals surface area (Å²) in [4.78, 5) is 18.6. The van der Waals surface area contributed by atoms with Crippen LogP contribution in [-0.2, 0) is 17.9 Å². The van der Waals surface area contributed by atoms with Crippen molar-refractivity contribution in [2.75, 3.05) is 0 Å². The molecule has 2 heterocycles. The zero-order valence-electron chi connectivity index (χ0n) is 12.8. The quantitative estimate of drug-likeness (QED) is 0.382. The average Bonchev–Trinajstić information content (AvgIpc) is 3.18. The molecule has 128 valence electrons. The third-order valence-corrected chi connectivity index (χ3v) is 4.29. The molecule has 0 saturated carbocycles. The minimum atomic E-state index is -2.91. The monoisotopic (exact) mass is 377 g/mol. The molecule has 25 heavy (non-hydrogen) atoms. The first-order valence-electron chi connectivity index (χ1n) is 7.16. The fourth-order valence-corrected chi connectivity index (χ4v) is 2.93. The lowest BCUT2D eigenvalue weighted by atomic mass is 9.94. The molecule has 1 amide bonds. The number of rotatable bonds is 6. The topological polar surface area (TPSA) is 107 Å². The van der Waals surface area contributed by atoms with Gasteiger partial charge in [-0.25, -0.2) is 4.98 Å². The Morgan fingerprint density at radius 3 is 2.92 bits per heavy atom. The maximum Gasteiger partial charge on any atom is 0.268 e. The second-order valence-corrected chi connectivity index (χ2v) is 6.47. The summed E-state index contributed by atoms with van der Waals surface area (Å²) in [7, 11) is 4.88. The fraction of sp³-hybridized carbons (Fsp3) is 0.200. The minimum Gasteiger partial charge on any atom is -0.486 e. The van der Waals surface area contributed by atoms with Crippen LogP contribution in [-0.4, -0.2) is 39.6 Å². The van der Waals surface area contributed by atoms with Crippen LogP contribution in [0.2, 0.25) is 5.02 Å². The van der Waals surface area contributed by atoms with Crippen LogP contribution in [0.25, 0.3) is 10.9 Å². The number of H-pyrrole nitrogens is 1. The Kier molecular flexibility index (Phi) is 5.00. The molecule has 0 aliphatic carbocycles. The van der Waals surface area contributed by atoms with Crippen LogP contribution in [0.3, 0.4) is 0 Å². The number of halogens is 1. The lowest BCUT2D eigenvalue weighted by molar-refractivity contribution is -0.158. The Morgan fingerprint density at radius 2 is 2.24 bits per heavy atom. The van der Waals surface area contributed by atoms with E-state index in [0.717, 1.165) is 16.6 Å². The number of nitrogens with one attached hydrogen (secondary N) is 2.